The van der Waals surface area contributed by atoms with Crippen LogP contribution in [-0.2, 0) is 6.42 Å². The standard InChI is InChI=1S/C15H8BrFN2/c16-11-6-9(17)7-13-15(11)19-14-10-4-2-1-3-8(10)5-12(14)18-13/h1-4,6-7H,5H2. The van der Waals surface area contributed by atoms with Crippen molar-refractivity contribution in [2.75, 3.05) is 0 Å². The summed E-state index contributed by atoms with van der Waals surface area (Å²) in [5, 5.41) is 0. The number of fused-ring (bicyclic) bond motifs is 4. The zero-order valence-electron chi connectivity index (χ0n) is 9.82. The van der Waals surface area contributed by atoms with Crippen LogP contribution in [0.1, 0.15) is 11.3 Å². The second-order valence-corrected chi connectivity index (χ2v) is 5.46. The van der Waals surface area contributed by atoms with Gasteiger partial charge in [-0.1, -0.05) is 24.3 Å². The van der Waals surface area contributed by atoms with Crippen LogP contribution in [0.4, 0.5) is 4.39 Å². The molecule has 1 heterocycles. The van der Waals surface area contributed by atoms with Crippen molar-refractivity contribution in [1.82, 2.24) is 9.97 Å². The fraction of sp³-hybridized carbons (Fsp3) is 0.0667. The lowest BCUT2D eigenvalue weighted by Crippen LogP contribution is -1.94. The van der Waals surface area contributed by atoms with E-state index in [-0.39, 0.29) is 5.82 Å². The van der Waals surface area contributed by atoms with Crippen LogP contribution in [-0.4, -0.2) is 9.97 Å². The first kappa shape index (κ1) is 11.1. The van der Waals surface area contributed by atoms with E-state index >= 15 is 0 Å². The number of nitrogens with zero attached hydrogens (tertiary/aromatic N) is 2. The van der Waals surface area contributed by atoms with Crippen LogP contribution in [0.25, 0.3) is 22.3 Å². The fourth-order valence-electron chi connectivity index (χ4n) is 2.55. The number of aromatic nitrogens is 2. The number of benzene rings is 2. The van der Waals surface area contributed by atoms with E-state index in [2.05, 4.69) is 38.0 Å². The van der Waals surface area contributed by atoms with Crippen molar-refractivity contribution in [2.45, 2.75) is 6.42 Å². The summed E-state index contributed by atoms with van der Waals surface area (Å²) in [6.45, 7) is 0. The SMILES string of the molecule is Fc1cc(Br)c2nc3c(nc2c1)Cc1ccccc1-3. The molecule has 0 radical (unpaired) electrons. The molecule has 0 atom stereocenters. The molecule has 0 fully saturated rings. The smallest absolute Gasteiger partial charge is 0.126 e. The minimum atomic E-state index is -0.302. The van der Waals surface area contributed by atoms with Gasteiger partial charge >= 0.3 is 0 Å². The predicted octanol–water partition coefficient (Wildman–Crippen LogP) is 4.10. The molecule has 2 aromatic carbocycles. The highest BCUT2D eigenvalue weighted by Crippen LogP contribution is 2.36. The minimum absolute atomic E-state index is 0.302. The normalized spacial score (nSPS) is 12.5. The molecule has 19 heavy (non-hydrogen) atoms. The molecule has 0 N–H and O–H groups in total. The topological polar surface area (TPSA) is 25.8 Å². The maximum absolute atomic E-state index is 13.4. The summed E-state index contributed by atoms with van der Waals surface area (Å²) < 4.78 is 14.1. The zero-order valence-corrected chi connectivity index (χ0v) is 11.4. The summed E-state index contributed by atoms with van der Waals surface area (Å²) in [6.07, 6.45) is 0.766. The van der Waals surface area contributed by atoms with Crippen LogP contribution in [0.3, 0.4) is 0 Å². The Bertz CT molecular complexity index is 830. The second kappa shape index (κ2) is 3.84. The van der Waals surface area contributed by atoms with Crippen molar-refractivity contribution in [3.8, 4) is 11.3 Å². The van der Waals surface area contributed by atoms with E-state index in [1.807, 2.05) is 12.1 Å². The lowest BCUT2D eigenvalue weighted by atomic mass is 10.1. The molecule has 0 saturated heterocycles. The molecule has 0 amide bonds. The molecule has 4 heteroatoms. The van der Waals surface area contributed by atoms with Crippen molar-refractivity contribution in [2.24, 2.45) is 0 Å². The van der Waals surface area contributed by atoms with E-state index in [0.29, 0.717) is 15.5 Å². The van der Waals surface area contributed by atoms with Gasteiger partial charge in [0.1, 0.15) is 11.3 Å². The third-order valence-corrected chi connectivity index (χ3v) is 4.00. The van der Waals surface area contributed by atoms with E-state index in [1.165, 1.54) is 17.7 Å². The van der Waals surface area contributed by atoms with E-state index in [1.54, 1.807) is 0 Å². The lowest BCUT2D eigenvalue weighted by molar-refractivity contribution is 0.628. The second-order valence-electron chi connectivity index (χ2n) is 4.61. The van der Waals surface area contributed by atoms with E-state index < -0.39 is 0 Å². The third-order valence-electron chi connectivity index (χ3n) is 3.39. The molecule has 1 aliphatic rings. The maximum Gasteiger partial charge on any atom is 0.126 e. The van der Waals surface area contributed by atoms with E-state index in [0.717, 1.165) is 23.4 Å². The molecule has 4 rings (SSSR count). The van der Waals surface area contributed by atoms with Gasteiger partial charge in [0.15, 0.2) is 0 Å². The Balaban J connectivity index is 2.07. The molecule has 0 aliphatic heterocycles. The largest absolute Gasteiger partial charge is 0.248 e. The maximum atomic E-state index is 13.4. The first-order chi connectivity index (χ1) is 9.22. The predicted molar refractivity (Wildman–Crippen MR) is 75.4 cm³/mol. The van der Waals surface area contributed by atoms with Gasteiger partial charge in [-0.3, -0.25) is 0 Å². The summed E-state index contributed by atoms with van der Waals surface area (Å²) >= 11 is 3.35. The Morgan fingerprint density at radius 1 is 1.11 bits per heavy atom. The first-order valence-corrected chi connectivity index (χ1v) is 6.75. The van der Waals surface area contributed by atoms with Crippen molar-refractivity contribution < 1.29 is 4.39 Å². The molecule has 0 saturated carbocycles. The Morgan fingerprint density at radius 2 is 1.95 bits per heavy atom. The van der Waals surface area contributed by atoms with Gasteiger partial charge < -0.3 is 0 Å². The van der Waals surface area contributed by atoms with Crippen LogP contribution in [0, 0.1) is 5.82 Å². The van der Waals surface area contributed by atoms with Gasteiger partial charge in [-0.25, -0.2) is 14.4 Å². The van der Waals surface area contributed by atoms with Crippen molar-refractivity contribution in [1.29, 1.82) is 0 Å². The lowest BCUT2D eigenvalue weighted by Gasteiger charge is -2.04. The summed E-state index contributed by atoms with van der Waals surface area (Å²) in [6, 6.07) is 11.0. The molecule has 2 nitrogen and oxygen atoms in total. The number of halogens is 2. The Kier molecular flexibility index (Phi) is 2.23. The molecule has 92 valence electrons. The van der Waals surface area contributed by atoms with Crippen LogP contribution < -0.4 is 0 Å². The van der Waals surface area contributed by atoms with Gasteiger partial charge in [0.2, 0.25) is 0 Å². The molecule has 1 aliphatic carbocycles. The molecule has 0 unspecified atom stereocenters. The van der Waals surface area contributed by atoms with Crippen LogP contribution >= 0.6 is 15.9 Å². The fourth-order valence-corrected chi connectivity index (χ4v) is 3.06. The first-order valence-electron chi connectivity index (χ1n) is 5.96. The number of hydrogen-bond acceptors (Lipinski definition) is 2. The van der Waals surface area contributed by atoms with Crippen LogP contribution in [0.15, 0.2) is 40.9 Å². The Hall–Kier alpha value is -1.81. The molecular weight excluding hydrogens is 307 g/mol. The minimum Gasteiger partial charge on any atom is -0.248 e. The highest BCUT2D eigenvalue weighted by Gasteiger charge is 2.22. The van der Waals surface area contributed by atoms with Crippen molar-refractivity contribution in [3.05, 3.63) is 57.9 Å². The molecular formula is C15H8BrFN2. The Labute approximate surface area is 117 Å². The number of rotatable bonds is 0. The molecule has 0 spiro atoms. The van der Waals surface area contributed by atoms with Gasteiger partial charge in [-0.05, 0) is 27.6 Å². The summed E-state index contributed by atoms with van der Waals surface area (Å²) in [4.78, 5) is 9.22. The van der Waals surface area contributed by atoms with Gasteiger partial charge in [0.25, 0.3) is 0 Å². The van der Waals surface area contributed by atoms with Crippen LogP contribution in [0.2, 0.25) is 0 Å². The monoisotopic (exact) mass is 314 g/mol. The van der Waals surface area contributed by atoms with Gasteiger partial charge in [-0.15, -0.1) is 0 Å². The Morgan fingerprint density at radius 3 is 2.84 bits per heavy atom. The summed E-state index contributed by atoms with van der Waals surface area (Å²) in [7, 11) is 0. The average molecular weight is 315 g/mol. The van der Waals surface area contributed by atoms with Crippen LogP contribution in [0.5, 0.6) is 0 Å². The van der Waals surface area contributed by atoms with E-state index in [4.69, 9.17) is 0 Å². The quantitative estimate of drug-likeness (QED) is 0.488. The molecule has 1 aromatic heterocycles. The van der Waals surface area contributed by atoms with Gasteiger partial charge in [0.05, 0.1) is 16.9 Å². The molecule has 3 aromatic rings. The number of hydrogen-bond donors (Lipinski definition) is 0. The van der Waals surface area contributed by atoms with Gasteiger partial charge in [0, 0.05) is 22.5 Å². The van der Waals surface area contributed by atoms with Crippen molar-refractivity contribution >= 4 is 27.0 Å². The highest BCUT2D eigenvalue weighted by atomic mass is 79.9. The summed E-state index contributed by atoms with van der Waals surface area (Å²) in [5.74, 6) is -0.302. The average Bonchev–Trinajstić information content (AvgIpc) is 2.74. The van der Waals surface area contributed by atoms with E-state index in [9.17, 15) is 4.39 Å². The summed E-state index contributed by atoms with van der Waals surface area (Å²) in [5.41, 5.74) is 5.49. The van der Waals surface area contributed by atoms with Crippen molar-refractivity contribution in [3.63, 3.8) is 0 Å². The molecule has 0 bridgehead atoms. The van der Waals surface area contributed by atoms with Gasteiger partial charge in [-0.2, -0.15) is 0 Å². The third kappa shape index (κ3) is 1.60. The zero-order chi connectivity index (χ0) is 13.0. The highest BCUT2D eigenvalue weighted by molar-refractivity contribution is 9.10.